The van der Waals surface area contributed by atoms with Gasteiger partial charge in [-0.25, -0.2) is 0 Å². The summed E-state index contributed by atoms with van der Waals surface area (Å²) in [5, 5.41) is 0. The Hall–Kier alpha value is -1.04. The van der Waals surface area contributed by atoms with Gasteiger partial charge in [0.1, 0.15) is 0 Å². The largest absolute Gasteiger partial charge is 0.106 e. The van der Waals surface area contributed by atoms with Crippen molar-refractivity contribution in [2.24, 2.45) is 0 Å². The molecule has 0 spiro atoms. The highest BCUT2D eigenvalue weighted by Gasteiger charge is 1.89. The second-order valence-electron chi connectivity index (χ2n) is 3.29. The van der Waals surface area contributed by atoms with E-state index in [1.54, 1.807) is 0 Å². The van der Waals surface area contributed by atoms with E-state index < -0.39 is 0 Å². The molecule has 0 atom stereocenters. The van der Waals surface area contributed by atoms with Crippen molar-refractivity contribution >= 4 is 0 Å². The molecular formula is C14H24. The lowest BCUT2D eigenvalue weighted by Crippen LogP contribution is -1.79. The van der Waals surface area contributed by atoms with E-state index in [2.05, 4.69) is 66.0 Å². The molecule has 0 heteroatoms. The molecule has 0 bridgehead atoms. The quantitative estimate of drug-likeness (QED) is 0.516. The Bertz CT molecular complexity index is 236. The van der Waals surface area contributed by atoms with Crippen LogP contribution < -0.4 is 0 Å². The van der Waals surface area contributed by atoms with Crippen molar-refractivity contribution in [1.29, 1.82) is 0 Å². The van der Waals surface area contributed by atoms with E-state index >= 15 is 0 Å². The van der Waals surface area contributed by atoms with Crippen molar-refractivity contribution in [2.75, 3.05) is 0 Å². The van der Waals surface area contributed by atoms with E-state index in [-0.39, 0.29) is 0 Å². The summed E-state index contributed by atoms with van der Waals surface area (Å²) < 4.78 is 0. The third kappa shape index (κ3) is 7.60. The van der Waals surface area contributed by atoms with Gasteiger partial charge in [-0.2, -0.15) is 0 Å². The van der Waals surface area contributed by atoms with E-state index in [4.69, 9.17) is 0 Å². The molecule has 0 radical (unpaired) electrons. The van der Waals surface area contributed by atoms with E-state index in [0.29, 0.717) is 0 Å². The van der Waals surface area contributed by atoms with Gasteiger partial charge in [0.15, 0.2) is 0 Å². The van der Waals surface area contributed by atoms with Gasteiger partial charge in [0.25, 0.3) is 0 Å². The van der Waals surface area contributed by atoms with E-state index in [0.717, 1.165) is 0 Å². The third-order valence-electron chi connectivity index (χ3n) is 1.66. The van der Waals surface area contributed by atoms with Crippen LogP contribution in [-0.4, -0.2) is 0 Å². The highest BCUT2D eigenvalue weighted by Crippen LogP contribution is 2.07. The summed E-state index contributed by atoms with van der Waals surface area (Å²) >= 11 is 0. The second kappa shape index (κ2) is 10.0. The SMILES string of the molecule is C=C.CCC.Cc1ccc(C)c(C)c1. The first-order valence-electron chi connectivity index (χ1n) is 5.15. The zero-order chi connectivity index (χ0) is 11.6. The molecule has 0 aliphatic rings. The number of benzene rings is 1. The monoisotopic (exact) mass is 192 g/mol. The maximum Gasteiger partial charge on any atom is -0.0395 e. The van der Waals surface area contributed by atoms with E-state index in [1.807, 2.05) is 0 Å². The standard InChI is InChI=1S/C9H12.C3H8.C2H4/c1-7-4-5-8(2)9(3)6-7;1-3-2;1-2/h4-6H,1-3H3;3H2,1-2H3;1-2H2. The zero-order valence-electron chi connectivity index (χ0n) is 10.4. The third-order valence-corrected chi connectivity index (χ3v) is 1.66. The molecule has 0 unspecified atom stereocenters. The summed E-state index contributed by atoms with van der Waals surface area (Å²) in [4.78, 5) is 0. The van der Waals surface area contributed by atoms with Crippen LogP contribution in [0.15, 0.2) is 31.4 Å². The number of aryl methyl sites for hydroxylation is 3. The van der Waals surface area contributed by atoms with Crippen LogP contribution in [0.25, 0.3) is 0 Å². The molecule has 0 heterocycles. The minimum absolute atomic E-state index is 1.25. The average molecular weight is 192 g/mol. The van der Waals surface area contributed by atoms with Crippen molar-refractivity contribution in [3.63, 3.8) is 0 Å². The molecular weight excluding hydrogens is 168 g/mol. The highest BCUT2D eigenvalue weighted by atomic mass is 13.9. The highest BCUT2D eigenvalue weighted by molar-refractivity contribution is 5.28. The Morgan fingerprint density at radius 1 is 0.929 bits per heavy atom. The van der Waals surface area contributed by atoms with Gasteiger partial charge in [0, 0.05) is 0 Å². The van der Waals surface area contributed by atoms with E-state index in [1.165, 1.54) is 23.1 Å². The minimum atomic E-state index is 1.25. The lowest BCUT2D eigenvalue weighted by atomic mass is 10.1. The summed E-state index contributed by atoms with van der Waals surface area (Å²) in [5.41, 5.74) is 4.11. The van der Waals surface area contributed by atoms with Crippen LogP contribution >= 0.6 is 0 Å². The van der Waals surface area contributed by atoms with Gasteiger partial charge in [-0.1, -0.05) is 44.0 Å². The average Bonchev–Trinajstić information content (AvgIpc) is 2.17. The Kier molecular flexibility index (Phi) is 11.1. The van der Waals surface area contributed by atoms with Gasteiger partial charge in [-0.15, -0.1) is 13.2 Å². The van der Waals surface area contributed by atoms with Gasteiger partial charge < -0.3 is 0 Å². The summed E-state index contributed by atoms with van der Waals surface area (Å²) in [6.07, 6.45) is 1.25. The molecule has 0 fully saturated rings. The number of hydrogen-bond donors (Lipinski definition) is 0. The van der Waals surface area contributed by atoms with Crippen LogP contribution in [0.4, 0.5) is 0 Å². The molecule has 14 heavy (non-hydrogen) atoms. The van der Waals surface area contributed by atoms with Crippen molar-refractivity contribution < 1.29 is 0 Å². The first-order valence-corrected chi connectivity index (χ1v) is 5.15. The molecule has 0 amide bonds. The van der Waals surface area contributed by atoms with Crippen LogP contribution in [0.5, 0.6) is 0 Å². The summed E-state index contributed by atoms with van der Waals surface area (Å²) in [7, 11) is 0. The van der Waals surface area contributed by atoms with Crippen molar-refractivity contribution in [3.05, 3.63) is 48.0 Å². The fourth-order valence-electron chi connectivity index (χ4n) is 0.891. The number of hydrogen-bond acceptors (Lipinski definition) is 0. The van der Waals surface area contributed by atoms with Gasteiger partial charge in [0.05, 0.1) is 0 Å². The van der Waals surface area contributed by atoms with Crippen LogP contribution in [0, 0.1) is 20.8 Å². The smallest absolute Gasteiger partial charge is 0.0395 e. The van der Waals surface area contributed by atoms with E-state index in [9.17, 15) is 0 Å². The van der Waals surface area contributed by atoms with Crippen LogP contribution in [0.2, 0.25) is 0 Å². The zero-order valence-corrected chi connectivity index (χ0v) is 10.4. The summed E-state index contributed by atoms with van der Waals surface area (Å²) in [5.74, 6) is 0. The molecule has 1 rings (SSSR count). The lowest BCUT2D eigenvalue weighted by Gasteiger charge is -1.98. The lowest BCUT2D eigenvalue weighted by molar-refractivity contribution is 1.09. The molecule has 0 nitrogen and oxygen atoms in total. The predicted molar refractivity (Wildman–Crippen MR) is 67.9 cm³/mol. The molecule has 1 aromatic rings. The first kappa shape index (κ1) is 15.4. The Labute approximate surface area is 89.7 Å². The Morgan fingerprint density at radius 3 is 1.64 bits per heavy atom. The minimum Gasteiger partial charge on any atom is -0.106 e. The van der Waals surface area contributed by atoms with Gasteiger partial charge in [0.2, 0.25) is 0 Å². The predicted octanol–water partition coefficient (Wildman–Crippen LogP) is 4.83. The first-order chi connectivity index (χ1) is 6.61. The van der Waals surface area contributed by atoms with Crippen molar-refractivity contribution in [2.45, 2.75) is 41.0 Å². The topological polar surface area (TPSA) is 0 Å². The molecule has 0 aliphatic carbocycles. The maximum absolute atomic E-state index is 3.00. The van der Waals surface area contributed by atoms with Gasteiger partial charge in [-0.05, 0) is 31.9 Å². The van der Waals surface area contributed by atoms with Gasteiger partial charge in [-0.3, -0.25) is 0 Å². The summed E-state index contributed by atoms with van der Waals surface area (Å²) in [6.45, 7) is 16.6. The Balaban J connectivity index is 0. The molecule has 0 saturated carbocycles. The molecule has 0 N–H and O–H groups in total. The fraction of sp³-hybridized carbons (Fsp3) is 0.429. The normalized spacial score (nSPS) is 7.79. The maximum atomic E-state index is 3.00. The molecule has 1 aromatic carbocycles. The summed E-state index contributed by atoms with van der Waals surface area (Å²) in [6, 6.07) is 6.50. The number of rotatable bonds is 0. The van der Waals surface area contributed by atoms with Gasteiger partial charge >= 0.3 is 0 Å². The fourth-order valence-corrected chi connectivity index (χ4v) is 0.891. The van der Waals surface area contributed by atoms with Crippen molar-refractivity contribution in [1.82, 2.24) is 0 Å². The van der Waals surface area contributed by atoms with Crippen LogP contribution in [0.3, 0.4) is 0 Å². The molecule has 0 aromatic heterocycles. The Morgan fingerprint density at radius 2 is 1.36 bits per heavy atom. The van der Waals surface area contributed by atoms with Crippen molar-refractivity contribution in [3.8, 4) is 0 Å². The second-order valence-corrected chi connectivity index (χ2v) is 3.29. The molecule has 80 valence electrons. The van der Waals surface area contributed by atoms with Crippen LogP contribution in [-0.2, 0) is 0 Å². The molecule has 0 aliphatic heterocycles. The molecule has 0 saturated heterocycles. The van der Waals surface area contributed by atoms with Crippen LogP contribution in [0.1, 0.15) is 37.0 Å².